The van der Waals surface area contributed by atoms with Crippen LogP contribution in [0.15, 0.2) is 12.1 Å². The van der Waals surface area contributed by atoms with Crippen LogP contribution in [-0.4, -0.2) is 34.5 Å². The Kier molecular flexibility index (Phi) is 4.63. The standard InChI is InChI=1S/C13H19N3O2S/c1-10-12(16(17)18)6-7-13(14-10)15-8-4-3-5-11(9-15)19-2/h6-7,11H,3-5,8-9H2,1-2H3. The number of pyridine rings is 1. The predicted molar refractivity (Wildman–Crippen MR) is 79.0 cm³/mol. The summed E-state index contributed by atoms with van der Waals surface area (Å²) in [6.45, 7) is 3.66. The molecule has 0 bridgehead atoms. The highest BCUT2D eigenvalue weighted by Gasteiger charge is 2.20. The van der Waals surface area contributed by atoms with E-state index >= 15 is 0 Å². The van der Waals surface area contributed by atoms with Crippen LogP contribution in [0.25, 0.3) is 0 Å². The molecule has 0 radical (unpaired) electrons. The van der Waals surface area contributed by atoms with Crippen molar-refractivity contribution >= 4 is 23.3 Å². The largest absolute Gasteiger partial charge is 0.355 e. The Balaban J connectivity index is 2.20. The van der Waals surface area contributed by atoms with Gasteiger partial charge in [0.2, 0.25) is 0 Å². The first-order valence-corrected chi connectivity index (χ1v) is 7.80. The van der Waals surface area contributed by atoms with Crippen molar-refractivity contribution < 1.29 is 4.92 Å². The van der Waals surface area contributed by atoms with Gasteiger partial charge in [0.05, 0.1) is 4.92 Å². The minimum atomic E-state index is -0.376. The summed E-state index contributed by atoms with van der Waals surface area (Å²) in [5, 5.41) is 11.4. The zero-order valence-corrected chi connectivity index (χ0v) is 12.2. The fourth-order valence-electron chi connectivity index (χ4n) is 2.41. The molecule has 0 spiro atoms. The van der Waals surface area contributed by atoms with Gasteiger partial charge in [-0.25, -0.2) is 4.98 Å². The van der Waals surface area contributed by atoms with Gasteiger partial charge >= 0.3 is 0 Å². The first kappa shape index (κ1) is 14.1. The van der Waals surface area contributed by atoms with Crippen molar-refractivity contribution in [3.8, 4) is 0 Å². The lowest BCUT2D eigenvalue weighted by molar-refractivity contribution is -0.385. The van der Waals surface area contributed by atoms with E-state index in [1.807, 2.05) is 11.8 Å². The second-order valence-corrected chi connectivity index (χ2v) is 5.97. The number of hydrogen-bond donors (Lipinski definition) is 0. The minimum Gasteiger partial charge on any atom is -0.355 e. The van der Waals surface area contributed by atoms with Crippen LogP contribution in [0.4, 0.5) is 11.5 Å². The van der Waals surface area contributed by atoms with Gasteiger partial charge < -0.3 is 4.90 Å². The maximum absolute atomic E-state index is 10.8. The van der Waals surface area contributed by atoms with E-state index in [1.54, 1.807) is 19.1 Å². The second-order valence-electron chi connectivity index (χ2n) is 4.83. The van der Waals surface area contributed by atoms with Gasteiger partial charge in [0, 0.05) is 24.4 Å². The Morgan fingerprint density at radius 2 is 2.26 bits per heavy atom. The van der Waals surface area contributed by atoms with Gasteiger partial charge in [-0.1, -0.05) is 6.42 Å². The average Bonchev–Trinajstić information content (AvgIpc) is 2.63. The molecule has 5 nitrogen and oxygen atoms in total. The first-order valence-electron chi connectivity index (χ1n) is 6.51. The summed E-state index contributed by atoms with van der Waals surface area (Å²) in [4.78, 5) is 17.1. The molecule has 1 aromatic rings. The smallest absolute Gasteiger partial charge is 0.290 e. The molecule has 2 rings (SSSR count). The number of aromatic nitrogens is 1. The van der Waals surface area contributed by atoms with Gasteiger partial charge in [0.1, 0.15) is 11.5 Å². The maximum atomic E-state index is 10.8. The highest BCUT2D eigenvalue weighted by Crippen LogP contribution is 2.25. The molecule has 0 saturated carbocycles. The summed E-state index contributed by atoms with van der Waals surface area (Å²) in [6, 6.07) is 3.34. The number of rotatable bonds is 3. The van der Waals surface area contributed by atoms with Crippen molar-refractivity contribution in [3.63, 3.8) is 0 Å². The van der Waals surface area contributed by atoms with E-state index < -0.39 is 0 Å². The highest BCUT2D eigenvalue weighted by molar-refractivity contribution is 7.99. The number of hydrogen-bond acceptors (Lipinski definition) is 5. The van der Waals surface area contributed by atoms with E-state index in [1.165, 1.54) is 12.8 Å². The van der Waals surface area contributed by atoms with Gasteiger partial charge in [-0.05, 0) is 32.1 Å². The van der Waals surface area contributed by atoms with Gasteiger partial charge in [-0.2, -0.15) is 11.8 Å². The topological polar surface area (TPSA) is 59.3 Å². The van der Waals surface area contributed by atoms with Gasteiger partial charge in [0.25, 0.3) is 5.69 Å². The Bertz CT molecular complexity index is 467. The summed E-state index contributed by atoms with van der Waals surface area (Å²) in [6.07, 6.45) is 5.79. The van der Waals surface area contributed by atoms with Crippen molar-refractivity contribution in [2.45, 2.75) is 31.4 Å². The second kappa shape index (κ2) is 6.23. The van der Waals surface area contributed by atoms with Crippen molar-refractivity contribution in [1.29, 1.82) is 0 Å². The van der Waals surface area contributed by atoms with E-state index in [9.17, 15) is 10.1 Å². The molecule has 0 amide bonds. The molecule has 104 valence electrons. The monoisotopic (exact) mass is 281 g/mol. The van der Waals surface area contributed by atoms with Crippen LogP contribution in [-0.2, 0) is 0 Å². The van der Waals surface area contributed by atoms with Crippen molar-refractivity contribution in [2.75, 3.05) is 24.2 Å². The molecule has 1 aromatic heterocycles. The third-order valence-electron chi connectivity index (χ3n) is 3.53. The van der Waals surface area contributed by atoms with Crippen LogP contribution in [0.3, 0.4) is 0 Å². The number of thioether (sulfide) groups is 1. The fraction of sp³-hybridized carbons (Fsp3) is 0.615. The molecule has 2 heterocycles. The van der Waals surface area contributed by atoms with Crippen LogP contribution >= 0.6 is 11.8 Å². The Labute approximate surface area is 117 Å². The quantitative estimate of drug-likeness (QED) is 0.629. The molecule has 19 heavy (non-hydrogen) atoms. The van der Waals surface area contributed by atoms with Gasteiger partial charge in [-0.3, -0.25) is 10.1 Å². The molecule has 0 aliphatic carbocycles. The van der Waals surface area contributed by atoms with E-state index in [-0.39, 0.29) is 10.6 Å². The number of nitro groups is 1. The van der Waals surface area contributed by atoms with E-state index in [0.717, 1.165) is 25.3 Å². The Morgan fingerprint density at radius 3 is 2.89 bits per heavy atom. The van der Waals surface area contributed by atoms with Gasteiger partial charge in [-0.15, -0.1) is 0 Å². The van der Waals surface area contributed by atoms with Crippen LogP contribution < -0.4 is 4.90 Å². The van der Waals surface area contributed by atoms with Crippen LogP contribution in [0.2, 0.25) is 0 Å². The molecule has 1 aliphatic heterocycles. The molecular formula is C13H19N3O2S. The van der Waals surface area contributed by atoms with Crippen molar-refractivity contribution in [2.24, 2.45) is 0 Å². The summed E-state index contributed by atoms with van der Waals surface area (Å²) in [7, 11) is 0. The summed E-state index contributed by atoms with van der Waals surface area (Å²) >= 11 is 1.89. The van der Waals surface area contributed by atoms with Crippen LogP contribution in [0.5, 0.6) is 0 Å². The molecule has 6 heteroatoms. The van der Waals surface area contributed by atoms with Gasteiger partial charge in [0.15, 0.2) is 0 Å². The third-order valence-corrected chi connectivity index (χ3v) is 4.58. The number of aryl methyl sites for hydroxylation is 1. The number of anilines is 1. The minimum absolute atomic E-state index is 0.0972. The molecule has 1 aliphatic rings. The Hall–Kier alpha value is -1.30. The molecule has 1 fully saturated rings. The maximum Gasteiger partial charge on any atom is 0.290 e. The normalized spacial score (nSPS) is 20.1. The lowest BCUT2D eigenvalue weighted by Gasteiger charge is -2.24. The number of nitrogens with zero attached hydrogens (tertiary/aromatic N) is 3. The molecular weight excluding hydrogens is 262 g/mol. The fourth-order valence-corrected chi connectivity index (χ4v) is 3.14. The zero-order chi connectivity index (χ0) is 13.8. The summed E-state index contributed by atoms with van der Waals surface area (Å²) < 4.78 is 0. The average molecular weight is 281 g/mol. The summed E-state index contributed by atoms with van der Waals surface area (Å²) in [5.41, 5.74) is 0.590. The molecule has 0 aromatic carbocycles. The van der Waals surface area contributed by atoms with E-state index in [2.05, 4.69) is 16.1 Å². The molecule has 1 unspecified atom stereocenters. The molecule has 1 saturated heterocycles. The van der Waals surface area contributed by atoms with Crippen molar-refractivity contribution in [1.82, 2.24) is 4.98 Å². The predicted octanol–water partition coefficient (Wildman–Crippen LogP) is 3.02. The molecule has 0 N–H and O–H groups in total. The van der Waals surface area contributed by atoms with Crippen LogP contribution in [0.1, 0.15) is 25.0 Å². The van der Waals surface area contributed by atoms with Crippen molar-refractivity contribution in [3.05, 3.63) is 27.9 Å². The summed E-state index contributed by atoms with van der Waals surface area (Å²) in [5.74, 6) is 0.865. The Morgan fingerprint density at radius 1 is 1.47 bits per heavy atom. The molecule has 1 atom stereocenters. The van der Waals surface area contributed by atoms with E-state index in [4.69, 9.17) is 0 Å². The highest BCUT2D eigenvalue weighted by atomic mass is 32.2. The van der Waals surface area contributed by atoms with Crippen LogP contribution in [0, 0.1) is 17.0 Å². The first-order chi connectivity index (χ1) is 9.11. The lowest BCUT2D eigenvalue weighted by Crippen LogP contribution is -2.30. The zero-order valence-electron chi connectivity index (χ0n) is 11.3. The SMILES string of the molecule is CSC1CCCCN(c2ccc([N+](=O)[O-])c(C)n2)C1. The lowest BCUT2D eigenvalue weighted by atomic mass is 10.2. The third kappa shape index (κ3) is 3.37. The van der Waals surface area contributed by atoms with E-state index in [0.29, 0.717) is 10.9 Å².